The van der Waals surface area contributed by atoms with Gasteiger partial charge in [-0.25, -0.2) is 0 Å². The number of nitrogens with zero attached hydrogens (tertiary/aromatic N) is 1. The number of carbonyl (C=O) groups is 1. The van der Waals surface area contributed by atoms with Crippen LogP contribution in [0.25, 0.3) is 0 Å². The van der Waals surface area contributed by atoms with Crippen LogP contribution in [0.4, 0.5) is 5.69 Å². The van der Waals surface area contributed by atoms with E-state index in [4.69, 9.17) is 14.2 Å². The van der Waals surface area contributed by atoms with Gasteiger partial charge in [0.25, 0.3) is 11.7 Å². The number of hydrogen-bond donors (Lipinski definition) is 0. The zero-order chi connectivity index (χ0) is 16.6. The third kappa shape index (κ3) is 2.37. The van der Waals surface area contributed by atoms with E-state index in [1.807, 2.05) is 55.5 Å². The quantitative estimate of drug-likeness (QED) is 0.867. The molecule has 0 unspecified atom stereocenters. The fourth-order valence-corrected chi connectivity index (χ4v) is 3.26. The number of rotatable bonds is 4. The molecule has 2 aromatic carbocycles. The molecule has 0 atom stereocenters. The number of amides is 1. The topological polar surface area (TPSA) is 48.0 Å². The largest absolute Gasteiger partial charge is 0.492 e. The van der Waals surface area contributed by atoms with E-state index in [0.29, 0.717) is 26.4 Å². The highest BCUT2D eigenvalue weighted by atomic mass is 16.7. The second-order valence-corrected chi connectivity index (χ2v) is 5.95. The van der Waals surface area contributed by atoms with Crippen LogP contribution in [0.5, 0.6) is 5.75 Å². The molecule has 5 heteroatoms. The lowest BCUT2D eigenvalue weighted by Gasteiger charge is -2.22. The fourth-order valence-electron chi connectivity index (χ4n) is 3.26. The van der Waals surface area contributed by atoms with Gasteiger partial charge in [0, 0.05) is 5.56 Å². The molecule has 5 nitrogen and oxygen atoms in total. The van der Waals surface area contributed by atoms with E-state index in [1.54, 1.807) is 4.90 Å². The lowest BCUT2D eigenvalue weighted by atomic mass is 10.1. The first-order valence-electron chi connectivity index (χ1n) is 8.09. The van der Waals surface area contributed by atoms with Crippen LogP contribution in [-0.2, 0) is 20.1 Å². The van der Waals surface area contributed by atoms with Crippen LogP contribution in [0.3, 0.4) is 0 Å². The number of aryl methyl sites for hydroxylation is 1. The zero-order valence-electron chi connectivity index (χ0n) is 13.5. The predicted molar refractivity (Wildman–Crippen MR) is 89.1 cm³/mol. The van der Waals surface area contributed by atoms with Crippen molar-refractivity contribution >= 4 is 11.6 Å². The van der Waals surface area contributed by atoms with E-state index < -0.39 is 5.79 Å². The lowest BCUT2D eigenvalue weighted by molar-refractivity contribution is -0.180. The van der Waals surface area contributed by atoms with E-state index in [9.17, 15) is 4.79 Å². The Hall–Kier alpha value is -2.37. The van der Waals surface area contributed by atoms with E-state index in [0.717, 1.165) is 22.6 Å². The molecule has 0 N–H and O–H groups in total. The number of ether oxygens (including phenoxy) is 3. The summed E-state index contributed by atoms with van der Waals surface area (Å²) in [5, 5.41) is 0. The van der Waals surface area contributed by atoms with Crippen LogP contribution < -0.4 is 9.64 Å². The zero-order valence-corrected chi connectivity index (χ0v) is 13.5. The van der Waals surface area contributed by atoms with E-state index in [1.165, 1.54) is 0 Å². The Morgan fingerprint density at radius 2 is 1.92 bits per heavy atom. The van der Waals surface area contributed by atoms with Gasteiger partial charge in [0.2, 0.25) is 0 Å². The van der Waals surface area contributed by atoms with Gasteiger partial charge >= 0.3 is 0 Å². The molecule has 2 aliphatic rings. The van der Waals surface area contributed by atoms with Gasteiger partial charge in [-0.1, -0.05) is 30.3 Å². The number of hydrogen-bond acceptors (Lipinski definition) is 4. The number of para-hydroxylation sites is 1. The summed E-state index contributed by atoms with van der Waals surface area (Å²) in [7, 11) is 0. The van der Waals surface area contributed by atoms with Crippen molar-refractivity contribution in [2.24, 2.45) is 0 Å². The van der Waals surface area contributed by atoms with Crippen LogP contribution in [0.2, 0.25) is 0 Å². The number of anilines is 1. The summed E-state index contributed by atoms with van der Waals surface area (Å²) in [6.45, 7) is 3.71. The van der Waals surface area contributed by atoms with Gasteiger partial charge in [0.05, 0.1) is 25.4 Å². The summed E-state index contributed by atoms with van der Waals surface area (Å²) in [5.41, 5.74) is 2.75. The summed E-state index contributed by atoms with van der Waals surface area (Å²) in [6, 6.07) is 15.5. The summed E-state index contributed by atoms with van der Waals surface area (Å²) in [6.07, 6.45) is 0. The second-order valence-electron chi connectivity index (χ2n) is 5.95. The van der Waals surface area contributed by atoms with Crippen molar-refractivity contribution in [2.45, 2.75) is 12.7 Å². The molecule has 124 valence electrons. The first-order valence-corrected chi connectivity index (χ1v) is 8.09. The Balaban J connectivity index is 1.52. The number of benzene rings is 2. The molecule has 4 rings (SSSR count). The normalized spacial score (nSPS) is 18.2. The molecular weight excluding hydrogens is 306 g/mol. The Morgan fingerprint density at radius 1 is 1.12 bits per heavy atom. The minimum absolute atomic E-state index is 0.172. The molecule has 24 heavy (non-hydrogen) atoms. The summed E-state index contributed by atoms with van der Waals surface area (Å²) in [4.78, 5) is 14.6. The molecule has 1 saturated heterocycles. The first-order chi connectivity index (χ1) is 11.7. The molecule has 0 aliphatic carbocycles. The van der Waals surface area contributed by atoms with Gasteiger partial charge in [-0.3, -0.25) is 4.79 Å². The maximum Gasteiger partial charge on any atom is 0.292 e. The van der Waals surface area contributed by atoms with Crippen molar-refractivity contribution in [3.63, 3.8) is 0 Å². The van der Waals surface area contributed by atoms with Gasteiger partial charge in [0.15, 0.2) is 0 Å². The van der Waals surface area contributed by atoms with E-state index >= 15 is 0 Å². The molecule has 1 fully saturated rings. The summed E-state index contributed by atoms with van der Waals surface area (Å²) >= 11 is 0. The highest BCUT2D eigenvalue weighted by Crippen LogP contribution is 2.45. The Labute approximate surface area is 140 Å². The Kier molecular flexibility index (Phi) is 3.75. The predicted octanol–water partition coefficient (Wildman–Crippen LogP) is 2.62. The third-order valence-corrected chi connectivity index (χ3v) is 4.34. The number of fused-ring (bicyclic) bond motifs is 2. The summed E-state index contributed by atoms with van der Waals surface area (Å²) in [5.74, 6) is -0.632. The van der Waals surface area contributed by atoms with Crippen LogP contribution in [0.15, 0.2) is 48.5 Å². The average Bonchev–Trinajstić information content (AvgIpc) is 3.16. The van der Waals surface area contributed by atoms with Crippen LogP contribution in [-0.4, -0.2) is 32.3 Å². The molecule has 1 spiro atoms. The lowest BCUT2D eigenvalue weighted by Crippen LogP contribution is -2.42. The van der Waals surface area contributed by atoms with Crippen molar-refractivity contribution in [3.05, 3.63) is 59.7 Å². The maximum atomic E-state index is 12.9. The summed E-state index contributed by atoms with van der Waals surface area (Å²) < 4.78 is 17.2. The molecule has 2 heterocycles. The van der Waals surface area contributed by atoms with Gasteiger partial charge in [0.1, 0.15) is 12.4 Å². The molecule has 0 saturated carbocycles. The Morgan fingerprint density at radius 3 is 2.71 bits per heavy atom. The van der Waals surface area contributed by atoms with Crippen molar-refractivity contribution in [2.75, 3.05) is 31.3 Å². The smallest absolute Gasteiger partial charge is 0.292 e. The maximum absolute atomic E-state index is 12.9. The monoisotopic (exact) mass is 325 g/mol. The molecule has 0 aromatic heterocycles. The van der Waals surface area contributed by atoms with Gasteiger partial charge in [-0.05, 0) is 30.7 Å². The van der Waals surface area contributed by atoms with Gasteiger partial charge < -0.3 is 19.1 Å². The van der Waals surface area contributed by atoms with Crippen molar-refractivity contribution in [1.82, 2.24) is 0 Å². The minimum atomic E-state index is -1.26. The van der Waals surface area contributed by atoms with E-state index in [2.05, 4.69) is 0 Å². The van der Waals surface area contributed by atoms with E-state index in [-0.39, 0.29) is 5.91 Å². The molecule has 2 aliphatic heterocycles. The molecule has 0 bridgehead atoms. The minimum Gasteiger partial charge on any atom is -0.492 e. The van der Waals surface area contributed by atoms with Crippen LogP contribution in [0.1, 0.15) is 11.1 Å². The Bertz CT molecular complexity index is 767. The standard InChI is InChI=1S/C19H19NO4/c1-14-5-4-6-15(13-14)22-10-9-20-17-8-3-2-7-16(17)19(18(20)21)23-11-12-24-19/h2-8,13H,9-12H2,1H3. The second kappa shape index (κ2) is 5.92. The van der Waals surface area contributed by atoms with Gasteiger partial charge in [-0.2, -0.15) is 0 Å². The molecule has 0 radical (unpaired) electrons. The van der Waals surface area contributed by atoms with Gasteiger partial charge in [-0.15, -0.1) is 0 Å². The van der Waals surface area contributed by atoms with Crippen molar-refractivity contribution in [1.29, 1.82) is 0 Å². The fraction of sp³-hybridized carbons (Fsp3) is 0.316. The first kappa shape index (κ1) is 15.2. The highest BCUT2D eigenvalue weighted by Gasteiger charge is 2.55. The number of carbonyl (C=O) groups excluding carboxylic acids is 1. The molecule has 1 amide bonds. The van der Waals surface area contributed by atoms with Crippen molar-refractivity contribution < 1.29 is 19.0 Å². The molecular formula is C19H19NO4. The van der Waals surface area contributed by atoms with Crippen LogP contribution in [0, 0.1) is 6.92 Å². The van der Waals surface area contributed by atoms with Crippen molar-refractivity contribution in [3.8, 4) is 5.75 Å². The average molecular weight is 325 g/mol. The van der Waals surface area contributed by atoms with Crippen LogP contribution >= 0.6 is 0 Å². The third-order valence-electron chi connectivity index (χ3n) is 4.34. The molecule has 2 aromatic rings. The SMILES string of the molecule is Cc1cccc(OCCN2C(=O)C3(OCCO3)c3ccccc32)c1. The highest BCUT2D eigenvalue weighted by molar-refractivity contribution is 6.06.